The largest absolute Gasteiger partial charge is 0.385 e. The maximum Gasteiger partial charge on any atom is 0.333 e. The maximum atomic E-state index is 12.8. The average molecular weight is 1260 g/mol. The van der Waals surface area contributed by atoms with Gasteiger partial charge in [0.25, 0.3) is 72.5 Å². The van der Waals surface area contributed by atoms with E-state index in [1.165, 1.54) is 43.5 Å². The van der Waals surface area contributed by atoms with Gasteiger partial charge in [-0.1, -0.05) is 30.7 Å². The van der Waals surface area contributed by atoms with Crippen LogP contribution in [0.1, 0.15) is 89.2 Å². The number of unbranched alkanes of at least 4 members (excludes halogenated alkanes) is 2. The Bertz CT molecular complexity index is 4140. The van der Waals surface area contributed by atoms with Crippen molar-refractivity contribution in [3.8, 4) is 0 Å². The lowest BCUT2D eigenvalue weighted by Gasteiger charge is -2.30. The molecule has 3 aliphatic heterocycles. The Kier molecular flexibility index (Phi) is 18.4. The molecule has 6 N–H and O–H groups in total. The molecule has 3 aliphatic rings. The van der Waals surface area contributed by atoms with E-state index < -0.39 is 120 Å². The van der Waals surface area contributed by atoms with Crippen LogP contribution >= 0.6 is 0 Å². The van der Waals surface area contributed by atoms with Crippen LogP contribution in [0.4, 0.5) is 11.4 Å². The van der Waals surface area contributed by atoms with Crippen molar-refractivity contribution >= 4 is 117 Å². The van der Waals surface area contributed by atoms with Crippen LogP contribution in [0.25, 0.3) is 21.5 Å². The normalized spacial score (nSPS) is 19.7. The minimum absolute atomic E-state index is 0.0180. The zero-order valence-electron chi connectivity index (χ0n) is 44.0. The van der Waals surface area contributed by atoms with Crippen molar-refractivity contribution in [3.63, 3.8) is 0 Å². The first kappa shape index (κ1) is 63.7. The number of hydrogen-bond acceptors (Lipinski definition) is 18. The summed E-state index contributed by atoms with van der Waals surface area (Å²) in [5.74, 6) is -3.66. The number of hydroxylamine groups is 2. The summed E-state index contributed by atoms with van der Waals surface area (Å²) >= 11 is 0. The molecule has 446 valence electrons. The van der Waals surface area contributed by atoms with Gasteiger partial charge < -0.3 is 14.5 Å². The highest BCUT2D eigenvalue weighted by atomic mass is 32.2. The first-order chi connectivity index (χ1) is 37.9. The van der Waals surface area contributed by atoms with Crippen molar-refractivity contribution in [1.29, 1.82) is 0 Å². The fourth-order valence-electron chi connectivity index (χ4n) is 10.9. The molecule has 7 rings (SSSR count). The molecule has 0 spiro atoms. The van der Waals surface area contributed by atoms with Crippen molar-refractivity contribution in [1.82, 2.24) is 5.06 Å². The van der Waals surface area contributed by atoms with E-state index in [0.29, 0.717) is 47.0 Å². The van der Waals surface area contributed by atoms with Crippen LogP contribution in [0.5, 0.6) is 0 Å². The van der Waals surface area contributed by atoms with Gasteiger partial charge >= 0.3 is 5.97 Å². The van der Waals surface area contributed by atoms with Crippen LogP contribution in [0.3, 0.4) is 0 Å². The molecule has 4 aromatic carbocycles. The van der Waals surface area contributed by atoms with Gasteiger partial charge in [0, 0.05) is 91.2 Å². The van der Waals surface area contributed by atoms with Crippen molar-refractivity contribution in [2.75, 3.05) is 43.2 Å². The van der Waals surface area contributed by atoms with Crippen LogP contribution in [-0.2, 0) is 95.5 Å². The summed E-state index contributed by atoms with van der Waals surface area (Å²) in [4.78, 5) is 40.0. The molecule has 1 saturated heterocycles. The number of hydrogen-bond donors (Lipinski definition) is 6. The first-order valence-electron chi connectivity index (χ1n) is 25.0. The smallest absolute Gasteiger partial charge is 0.333 e. The van der Waals surface area contributed by atoms with Gasteiger partial charge in [-0.3, -0.25) is 36.9 Å². The van der Waals surface area contributed by atoms with E-state index in [1.807, 2.05) is 4.90 Å². The van der Waals surface area contributed by atoms with Crippen molar-refractivity contribution in [2.45, 2.75) is 108 Å². The number of ether oxygens (including phenoxy) is 1. The van der Waals surface area contributed by atoms with Gasteiger partial charge in [-0.25, -0.2) is 4.79 Å². The first-order valence-corrected chi connectivity index (χ1v) is 33.9. The second kappa shape index (κ2) is 23.6. The van der Waals surface area contributed by atoms with Crippen LogP contribution in [0.15, 0.2) is 104 Å². The van der Waals surface area contributed by atoms with E-state index in [1.54, 1.807) is 36.6 Å². The Labute approximate surface area is 473 Å². The Morgan fingerprint density at radius 2 is 1.17 bits per heavy atom. The quantitative estimate of drug-likeness (QED) is 0.0162. The number of fused-ring (bicyclic) bond motifs is 6. The highest BCUT2D eigenvalue weighted by molar-refractivity contribution is 7.87. The Morgan fingerprint density at radius 1 is 0.622 bits per heavy atom. The van der Waals surface area contributed by atoms with Gasteiger partial charge in [-0.15, -0.1) is 5.06 Å². The summed E-state index contributed by atoms with van der Waals surface area (Å²) in [7, 11) is -28.4. The number of nitrogens with zero attached hydrogens (tertiary/aromatic N) is 3. The molecule has 2 unspecified atom stereocenters. The third-order valence-electron chi connectivity index (χ3n) is 14.5. The van der Waals surface area contributed by atoms with Gasteiger partial charge in [0.05, 0.1) is 26.7 Å². The molecule has 0 saturated carbocycles. The van der Waals surface area contributed by atoms with Crippen LogP contribution in [0, 0.1) is 0 Å². The minimum Gasteiger partial charge on any atom is -0.385 e. The highest BCUT2D eigenvalue weighted by Gasteiger charge is 2.50. The van der Waals surface area contributed by atoms with Crippen LogP contribution in [0.2, 0.25) is 0 Å². The molecule has 0 aliphatic carbocycles. The van der Waals surface area contributed by atoms with Gasteiger partial charge in [0.2, 0.25) is 5.69 Å². The van der Waals surface area contributed by atoms with E-state index in [0.717, 1.165) is 12.1 Å². The number of rotatable bonds is 25. The van der Waals surface area contributed by atoms with E-state index in [2.05, 4.69) is 0 Å². The number of benzene rings is 4. The fourth-order valence-corrected chi connectivity index (χ4v) is 14.6. The molecule has 1 fully saturated rings. The second-order valence-corrected chi connectivity index (χ2v) is 28.9. The Balaban J connectivity index is 1.37. The van der Waals surface area contributed by atoms with Crippen molar-refractivity contribution in [2.24, 2.45) is 0 Å². The molecule has 0 bridgehead atoms. The number of carbonyl (C=O) groups excluding carboxylic acids is 3. The lowest BCUT2D eigenvalue weighted by atomic mass is 9.74. The van der Waals surface area contributed by atoms with Gasteiger partial charge in [-0.05, 0) is 105 Å². The zero-order chi connectivity index (χ0) is 60.8. The summed E-state index contributed by atoms with van der Waals surface area (Å²) in [6.07, 6.45) is 7.85. The molecule has 26 nitrogen and oxygen atoms in total. The summed E-state index contributed by atoms with van der Waals surface area (Å²) in [5.41, 5.74) is -0.808. The number of imide groups is 1. The summed E-state index contributed by atoms with van der Waals surface area (Å²) in [6.45, 7) is 3.39. The predicted molar refractivity (Wildman–Crippen MR) is 294 cm³/mol. The molecule has 3 heterocycles. The molecule has 4 aromatic rings. The zero-order valence-corrected chi connectivity index (χ0v) is 48.9. The molecule has 82 heavy (non-hydrogen) atoms. The van der Waals surface area contributed by atoms with E-state index in [4.69, 9.17) is 9.57 Å². The molecule has 2 atom stereocenters. The SMILES string of the molecule is COCCC1(C)\C(=C/C=C/C=C/C2=[N+](CCCS(=O)(=O)O)c3ccc4c(S(=O)(=O)O)cc(S(=O)(=O)O)cc4c3C2(C)CCCS(=O)(=O)O)N(CCCCCC(=O)ON2C(=O)CCC2=O)c2ccc3c(S(=O)(=O)O)cc(S(=O)(=O)O)cc3c21. The number of methoxy groups -OCH3 is 1. The molecule has 32 heteroatoms. The minimum atomic E-state index is -5.22. The topological polar surface area (TPSA) is 405 Å². The molecule has 0 aromatic heterocycles. The molecule has 2 amide bonds. The molecule has 0 radical (unpaired) electrons. The van der Waals surface area contributed by atoms with Crippen molar-refractivity contribution < 1.29 is 106 Å². The van der Waals surface area contributed by atoms with E-state index in [9.17, 15) is 92.2 Å². The Hall–Kier alpha value is -5.88. The number of allylic oxidation sites excluding steroid dienone is 6. The van der Waals surface area contributed by atoms with Gasteiger partial charge in [0.1, 0.15) is 16.3 Å². The number of anilines is 1. The third kappa shape index (κ3) is 13.9. The lowest BCUT2D eigenvalue weighted by molar-refractivity contribution is -0.437. The van der Waals surface area contributed by atoms with Crippen LogP contribution < -0.4 is 4.90 Å². The summed E-state index contributed by atoms with van der Waals surface area (Å²) in [5, 5.41) is -0.0203. The van der Waals surface area contributed by atoms with Gasteiger partial charge in [-0.2, -0.15) is 55.1 Å². The number of amides is 2. The fraction of sp³-hybridized carbons (Fsp3) is 0.400. The highest BCUT2D eigenvalue weighted by Crippen LogP contribution is 2.54. The maximum absolute atomic E-state index is 12.8. The standard InChI is InChI=1S/C50H57N3O23S6/c1-49(21-10-26-77(57,58)59)42(52(24-11-27-78(60,61)62)38-17-15-34-36(47(38)49)28-32(79(63,64)65)30-40(34)81(69,70)71)12-6-4-7-13-43-50(2,22-25-75-3)48-37-29-33(80(66,67)68)31-41(82(72,73)74)35(37)16-18-39(48)51(43)23-9-5-8-14-46(56)76-53-44(54)19-20-45(53)55/h4,6-7,12-13,15-18,28-31H,5,8-11,14,19-27H2,1-3H3,(H5-,57,58,59,60,61,62,63,64,65,66,67,68,69,70,71,72,73,74)/p+1. The third-order valence-corrected chi connectivity index (χ3v) is 19.6. The van der Waals surface area contributed by atoms with E-state index in [-0.39, 0.29) is 110 Å². The van der Waals surface area contributed by atoms with Crippen molar-refractivity contribution in [3.05, 3.63) is 95.7 Å². The average Bonchev–Trinajstić information content (AvgIpc) is 2.23. The monoisotopic (exact) mass is 1260 g/mol. The molecular weight excluding hydrogens is 1200 g/mol. The molecular formula is C50H58N3O23S6+. The van der Waals surface area contributed by atoms with E-state index >= 15 is 0 Å². The Morgan fingerprint density at radius 3 is 1.71 bits per heavy atom. The summed E-state index contributed by atoms with van der Waals surface area (Å²) in [6, 6.07) is 8.74. The summed E-state index contributed by atoms with van der Waals surface area (Å²) < 4.78 is 218. The van der Waals surface area contributed by atoms with Gasteiger partial charge in [0.15, 0.2) is 5.71 Å². The second-order valence-electron chi connectivity index (χ2n) is 20.1. The van der Waals surface area contributed by atoms with Crippen LogP contribution in [-0.4, -0.2) is 149 Å². The lowest BCUT2D eigenvalue weighted by Crippen LogP contribution is -2.32. The number of carbonyl (C=O) groups is 3. The predicted octanol–water partition coefficient (Wildman–Crippen LogP) is 5.26.